The van der Waals surface area contributed by atoms with E-state index in [-0.39, 0.29) is 35.8 Å². The van der Waals surface area contributed by atoms with Gasteiger partial charge in [-0.3, -0.25) is 0 Å². The summed E-state index contributed by atoms with van der Waals surface area (Å²) in [5, 5.41) is 20.0. The molecule has 3 heterocycles. The van der Waals surface area contributed by atoms with Crippen LogP contribution in [0.3, 0.4) is 0 Å². The zero-order valence-corrected chi connectivity index (χ0v) is 20.2. The molecule has 0 amide bonds. The predicted octanol–water partition coefficient (Wildman–Crippen LogP) is 4.31. The zero-order valence-electron chi connectivity index (χ0n) is 20.2. The van der Waals surface area contributed by atoms with Crippen LogP contribution < -0.4 is 4.74 Å². The van der Waals surface area contributed by atoms with Crippen molar-refractivity contribution < 1.29 is 33.2 Å². The average Bonchev–Trinajstić information content (AvgIpc) is 3.56. The lowest BCUT2D eigenvalue weighted by molar-refractivity contribution is 0.00706. The van der Waals surface area contributed by atoms with Gasteiger partial charge in [-0.1, -0.05) is 48.5 Å². The van der Waals surface area contributed by atoms with Gasteiger partial charge < -0.3 is 29.4 Å². The van der Waals surface area contributed by atoms with Crippen LogP contribution in [0.4, 0.5) is 8.78 Å². The standard InChI is InChI=1S/C28H26F2N2O5/c1-28(2,34)17-9-7-15(8-10-17)14-3-5-16(6-4-14)22-18(29)11-19-24(23(22)30)32-27(31-19)37-21-13-36-25-20(33)12-35-26(21)25/h3-11,20-21,25-26,33-34H,12-13H2,1-2H3,(H,31,32)/t20-,21?,25+,26+/m1/s1. The van der Waals surface area contributed by atoms with E-state index in [2.05, 4.69) is 9.97 Å². The Balaban J connectivity index is 1.26. The number of aliphatic hydroxyl groups excluding tert-OH is 1. The molecule has 2 saturated heterocycles. The van der Waals surface area contributed by atoms with Crippen molar-refractivity contribution in [3.05, 3.63) is 71.8 Å². The number of H-pyrrole nitrogens is 1. The summed E-state index contributed by atoms with van der Waals surface area (Å²) in [5.41, 5.74) is 1.97. The summed E-state index contributed by atoms with van der Waals surface area (Å²) >= 11 is 0. The molecular formula is C28H26F2N2O5. The van der Waals surface area contributed by atoms with Gasteiger partial charge in [0.1, 0.15) is 29.6 Å². The SMILES string of the molecule is CC(C)(O)c1ccc(-c2ccc(-c3c(F)cc4[nH]c(OC5CO[C@H]6[C@H](O)CO[C@@H]56)nc4c3F)cc2)cc1. The lowest BCUT2D eigenvalue weighted by Crippen LogP contribution is -2.34. The second-order valence-electron chi connectivity index (χ2n) is 10.0. The number of nitrogens with zero attached hydrogens (tertiary/aromatic N) is 1. The predicted molar refractivity (Wildman–Crippen MR) is 132 cm³/mol. The third kappa shape index (κ3) is 4.27. The van der Waals surface area contributed by atoms with Crippen molar-refractivity contribution in [1.82, 2.24) is 9.97 Å². The lowest BCUT2D eigenvalue weighted by Gasteiger charge is -2.18. The summed E-state index contributed by atoms with van der Waals surface area (Å²) < 4.78 is 47.5. The minimum Gasteiger partial charge on any atom is -0.456 e. The molecule has 9 heteroatoms. The molecule has 0 bridgehead atoms. The fraction of sp³-hybridized carbons (Fsp3) is 0.321. The van der Waals surface area contributed by atoms with E-state index < -0.39 is 41.7 Å². The number of rotatable bonds is 5. The van der Waals surface area contributed by atoms with Gasteiger partial charge in [0.25, 0.3) is 6.01 Å². The Bertz CT molecular complexity index is 1450. The molecule has 192 valence electrons. The minimum absolute atomic E-state index is 0.0227. The molecule has 0 radical (unpaired) electrons. The van der Waals surface area contributed by atoms with Gasteiger partial charge in [0.05, 0.1) is 29.9 Å². The number of hydrogen-bond donors (Lipinski definition) is 3. The molecule has 2 aliphatic rings. The number of ether oxygens (including phenoxy) is 3. The van der Waals surface area contributed by atoms with Gasteiger partial charge in [0.2, 0.25) is 0 Å². The number of benzene rings is 3. The maximum absolute atomic E-state index is 15.5. The summed E-state index contributed by atoms with van der Waals surface area (Å²) in [5.74, 6) is -1.52. The average molecular weight is 509 g/mol. The van der Waals surface area contributed by atoms with Gasteiger partial charge >= 0.3 is 0 Å². The Morgan fingerprint density at radius 1 is 0.946 bits per heavy atom. The fourth-order valence-corrected chi connectivity index (χ4v) is 4.97. The lowest BCUT2D eigenvalue weighted by atomic mass is 9.94. The molecule has 0 spiro atoms. The summed E-state index contributed by atoms with van der Waals surface area (Å²) in [7, 11) is 0. The van der Waals surface area contributed by atoms with Gasteiger partial charge in [-0.15, -0.1) is 0 Å². The normalized spacial score (nSPS) is 23.5. The molecule has 3 N–H and O–H groups in total. The van der Waals surface area contributed by atoms with Crippen LogP contribution in [0.25, 0.3) is 33.3 Å². The highest BCUT2D eigenvalue weighted by Crippen LogP contribution is 2.35. The van der Waals surface area contributed by atoms with Gasteiger partial charge in [0, 0.05) is 6.07 Å². The summed E-state index contributed by atoms with van der Waals surface area (Å²) in [6.07, 6.45) is -2.18. The van der Waals surface area contributed by atoms with Crippen LogP contribution in [0.15, 0.2) is 54.6 Å². The minimum atomic E-state index is -0.937. The summed E-state index contributed by atoms with van der Waals surface area (Å²) in [4.78, 5) is 7.03. The molecule has 2 aliphatic heterocycles. The highest BCUT2D eigenvalue weighted by Gasteiger charge is 2.48. The van der Waals surface area contributed by atoms with Crippen molar-refractivity contribution in [2.45, 2.75) is 43.9 Å². The van der Waals surface area contributed by atoms with Crippen LogP contribution in [0.2, 0.25) is 0 Å². The first kappa shape index (κ1) is 24.0. The second kappa shape index (κ2) is 8.88. The first-order valence-corrected chi connectivity index (χ1v) is 12.1. The molecule has 4 aromatic rings. The first-order chi connectivity index (χ1) is 17.7. The zero-order chi connectivity index (χ0) is 25.9. The van der Waals surface area contributed by atoms with E-state index in [1.807, 2.05) is 24.3 Å². The molecule has 6 rings (SSSR count). The van der Waals surface area contributed by atoms with Crippen LogP contribution in [-0.2, 0) is 15.1 Å². The number of nitrogens with one attached hydrogen (secondary N) is 1. The number of imidazole rings is 1. The van der Waals surface area contributed by atoms with E-state index in [1.54, 1.807) is 38.1 Å². The Morgan fingerprint density at radius 2 is 1.57 bits per heavy atom. The number of aliphatic hydroxyl groups is 2. The highest BCUT2D eigenvalue weighted by molar-refractivity contribution is 5.84. The van der Waals surface area contributed by atoms with E-state index in [0.29, 0.717) is 5.56 Å². The van der Waals surface area contributed by atoms with E-state index in [9.17, 15) is 10.2 Å². The molecule has 3 aromatic carbocycles. The van der Waals surface area contributed by atoms with Crippen molar-refractivity contribution >= 4 is 11.0 Å². The number of hydrogen-bond acceptors (Lipinski definition) is 6. The summed E-state index contributed by atoms with van der Waals surface area (Å²) in [6, 6.07) is 15.6. The van der Waals surface area contributed by atoms with Gasteiger partial charge in [-0.05, 0) is 36.1 Å². The molecule has 2 fully saturated rings. The Hall–Kier alpha value is -3.37. The van der Waals surface area contributed by atoms with Crippen LogP contribution >= 0.6 is 0 Å². The van der Waals surface area contributed by atoms with Crippen molar-refractivity contribution in [1.29, 1.82) is 0 Å². The van der Waals surface area contributed by atoms with Crippen molar-refractivity contribution in [2.75, 3.05) is 13.2 Å². The maximum Gasteiger partial charge on any atom is 0.295 e. The van der Waals surface area contributed by atoms with E-state index in [1.165, 1.54) is 6.07 Å². The van der Waals surface area contributed by atoms with E-state index >= 15 is 8.78 Å². The highest BCUT2D eigenvalue weighted by atomic mass is 19.1. The molecule has 1 unspecified atom stereocenters. The number of fused-ring (bicyclic) bond motifs is 2. The van der Waals surface area contributed by atoms with E-state index in [4.69, 9.17) is 14.2 Å². The molecule has 1 aromatic heterocycles. The quantitative estimate of drug-likeness (QED) is 0.372. The van der Waals surface area contributed by atoms with Gasteiger partial charge in [-0.25, -0.2) is 8.78 Å². The van der Waals surface area contributed by atoms with Gasteiger partial charge in [0.15, 0.2) is 11.9 Å². The molecule has 0 aliphatic carbocycles. The monoisotopic (exact) mass is 508 g/mol. The fourth-order valence-electron chi connectivity index (χ4n) is 4.97. The third-order valence-corrected chi connectivity index (χ3v) is 6.99. The molecule has 7 nitrogen and oxygen atoms in total. The second-order valence-corrected chi connectivity index (χ2v) is 10.0. The van der Waals surface area contributed by atoms with Crippen LogP contribution in [0.5, 0.6) is 6.01 Å². The molecular weight excluding hydrogens is 482 g/mol. The van der Waals surface area contributed by atoms with Crippen LogP contribution in [-0.4, -0.2) is 57.8 Å². The largest absolute Gasteiger partial charge is 0.456 e. The molecule has 0 saturated carbocycles. The van der Waals surface area contributed by atoms with Crippen molar-refractivity contribution in [2.24, 2.45) is 0 Å². The van der Waals surface area contributed by atoms with Crippen LogP contribution in [0.1, 0.15) is 19.4 Å². The maximum atomic E-state index is 15.5. The molecule has 4 atom stereocenters. The molecule has 37 heavy (non-hydrogen) atoms. The Kier molecular flexibility index (Phi) is 5.76. The number of aromatic nitrogens is 2. The van der Waals surface area contributed by atoms with Crippen molar-refractivity contribution in [3.8, 4) is 28.3 Å². The smallest absolute Gasteiger partial charge is 0.295 e. The summed E-state index contributed by atoms with van der Waals surface area (Å²) in [6.45, 7) is 3.79. The van der Waals surface area contributed by atoms with Gasteiger partial charge in [-0.2, -0.15) is 4.98 Å². The van der Waals surface area contributed by atoms with Crippen LogP contribution in [0, 0.1) is 11.6 Å². The Morgan fingerprint density at radius 3 is 2.24 bits per heavy atom. The number of halogens is 2. The topological polar surface area (TPSA) is 96.8 Å². The van der Waals surface area contributed by atoms with E-state index in [0.717, 1.165) is 16.7 Å². The Labute approximate surface area is 211 Å². The first-order valence-electron chi connectivity index (χ1n) is 12.1. The van der Waals surface area contributed by atoms with Crippen molar-refractivity contribution in [3.63, 3.8) is 0 Å². The third-order valence-electron chi connectivity index (χ3n) is 6.99. The number of aromatic amines is 1.